The number of aryl methyl sites for hydroxylation is 1. The van der Waals surface area contributed by atoms with E-state index >= 15 is 13.2 Å². The summed E-state index contributed by atoms with van der Waals surface area (Å²) < 4.78 is 57.3. The summed E-state index contributed by atoms with van der Waals surface area (Å²) >= 11 is 0. The van der Waals surface area contributed by atoms with Crippen LogP contribution >= 0.6 is 0 Å². The van der Waals surface area contributed by atoms with Gasteiger partial charge in [0, 0.05) is 19.1 Å². The maximum Gasteiger partial charge on any atom is 0.280 e. The van der Waals surface area contributed by atoms with Crippen LogP contribution < -0.4 is 4.74 Å². The number of pyridine rings is 1. The number of unbranched alkanes of at least 4 members (excludes halogenated alkanes) is 6. The number of halogens is 3. The van der Waals surface area contributed by atoms with Crippen LogP contribution in [-0.2, 0) is 17.1 Å². The SMILES string of the molecule is CCCCCOCCCCCC1CCc2cc(-c3ncc(OCCCCCC(CC)C4CC4)cn3)nc(F)c2C1(F)F. The Morgan fingerprint density at radius 3 is 2.33 bits per heavy atom. The fourth-order valence-corrected chi connectivity index (χ4v) is 6.33. The molecule has 0 N–H and O–H groups in total. The molecule has 2 aromatic heterocycles. The number of hydrogen-bond acceptors (Lipinski definition) is 5. The molecule has 0 amide bonds. The molecule has 0 aliphatic heterocycles. The van der Waals surface area contributed by atoms with Crippen molar-refractivity contribution in [2.45, 2.75) is 123 Å². The fourth-order valence-electron chi connectivity index (χ4n) is 6.33. The molecule has 2 unspecified atom stereocenters. The third-order valence-corrected chi connectivity index (χ3v) is 9.06. The summed E-state index contributed by atoms with van der Waals surface area (Å²) in [5.41, 5.74) is -0.0774. The summed E-state index contributed by atoms with van der Waals surface area (Å²) in [5, 5.41) is 0. The highest BCUT2D eigenvalue weighted by Gasteiger charge is 2.47. The van der Waals surface area contributed by atoms with Crippen molar-refractivity contribution < 1.29 is 22.6 Å². The second kappa shape index (κ2) is 16.6. The van der Waals surface area contributed by atoms with Gasteiger partial charge in [-0.15, -0.1) is 0 Å². The van der Waals surface area contributed by atoms with Gasteiger partial charge >= 0.3 is 0 Å². The highest BCUT2D eigenvalue weighted by atomic mass is 19.3. The largest absolute Gasteiger partial charge is 0.490 e. The molecule has 0 bridgehead atoms. The average Bonchev–Trinajstić information content (AvgIpc) is 3.82. The molecule has 2 aliphatic rings. The monoisotopic (exact) mass is 589 g/mol. The van der Waals surface area contributed by atoms with E-state index in [1.54, 1.807) is 12.4 Å². The lowest BCUT2D eigenvalue weighted by atomic mass is 9.78. The van der Waals surface area contributed by atoms with E-state index in [9.17, 15) is 0 Å². The van der Waals surface area contributed by atoms with Gasteiger partial charge in [0.25, 0.3) is 5.92 Å². The lowest BCUT2D eigenvalue weighted by molar-refractivity contribution is -0.0825. The lowest BCUT2D eigenvalue weighted by Crippen LogP contribution is -2.33. The second-order valence-electron chi connectivity index (χ2n) is 12.3. The molecule has 1 saturated carbocycles. The molecule has 4 rings (SSSR count). The molecule has 1 fully saturated rings. The van der Waals surface area contributed by atoms with E-state index in [1.165, 1.54) is 44.6 Å². The average molecular weight is 590 g/mol. The molecule has 8 heteroatoms. The smallest absolute Gasteiger partial charge is 0.280 e. The second-order valence-corrected chi connectivity index (χ2v) is 12.3. The van der Waals surface area contributed by atoms with Crippen molar-refractivity contribution >= 4 is 0 Å². The number of rotatable bonds is 20. The minimum Gasteiger partial charge on any atom is -0.490 e. The maximum atomic E-state index is 15.4. The van der Waals surface area contributed by atoms with Gasteiger partial charge in [-0.2, -0.15) is 4.39 Å². The van der Waals surface area contributed by atoms with Crippen molar-refractivity contribution in [1.82, 2.24) is 15.0 Å². The van der Waals surface area contributed by atoms with Crippen molar-refractivity contribution in [3.63, 3.8) is 0 Å². The zero-order valence-electron chi connectivity index (χ0n) is 25.7. The Hall–Kier alpha value is -2.22. The summed E-state index contributed by atoms with van der Waals surface area (Å²) in [7, 11) is 0. The van der Waals surface area contributed by atoms with E-state index in [1.807, 2.05) is 0 Å². The molecule has 2 heterocycles. The summed E-state index contributed by atoms with van der Waals surface area (Å²) in [6, 6.07) is 1.53. The molecule has 0 radical (unpaired) electrons. The van der Waals surface area contributed by atoms with Gasteiger partial charge < -0.3 is 9.47 Å². The topological polar surface area (TPSA) is 57.1 Å². The first-order chi connectivity index (χ1) is 20.4. The Morgan fingerprint density at radius 2 is 1.62 bits per heavy atom. The molecule has 0 saturated heterocycles. The molecular formula is C34H50F3N3O2. The molecule has 2 aromatic rings. The van der Waals surface area contributed by atoms with Gasteiger partial charge in [-0.25, -0.2) is 23.7 Å². The summed E-state index contributed by atoms with van der Waals surface area (Å²) in [5.74, 6) is -2.63. The highest BCUT2D eigenvalue weighted by Crippen LogP contribution is 2.47. The van der Waals surface area contributed by atoms with Crippen LogP contribution in [0.25, 0.3) is 11.5 Å². The van der Waals surface area contributed by atoms with Gasteiger partial charge in [0.1, 0.15) is 5.69 Å². The zero-order chi connectivity index (χ0) is 29.8. The summed E-state index contributed by atoms with van der Waals surface area (Å²) in [4.78, 5) is 12.4. The van der Waals surface area contributed by atoms with E-state index in [4.69, 9.17) is 9.47 Å². The molecule has 5 nitrogen and oxygen atoms in total. The predicted molar refractivity (Wildman–Crippen MR) is 160 cm³/mol. The number of aromatic nitrogens is 3. The van der Waals surface area contributed by atoms with E-state index in [-0.39, 0.29) is 11.5 Å². The molecule has 0 spiro atoms. The number of hydrogen-bond donors (Lipinski definition) is 0. The first-order valence-corrected chi connectivity index (χ1v) is 16.5. The van der Waals surface area contributed by atoms with Gasteiger partial charge in [0.15, 0.2) is 11.6 Å². The Kier molecular flexibility index (Phi) is 12.9. The molecule has 234 valence electrons. The minimum absolute atomic E-state index is 0.173. The van der Waals surface area contributed by atoms with Crippen molar-refractivity contribution in [3.05, 3.63) is 35.5 Å². The van der Waals surface area contributed by atoms with Crippen molar-refractivity contribution in [2.24, 2.45) is 17.8 Å². The lowest BCUT2D eigenvalue weighted by Gasteiger charge is -2.33. The Labute approximate surface area is 250 Å². The zero-order valence-corrected chi connectivity index (χ0v) is 25.7. The number of nitrogens with zero attached hydrogens (tertiary/aromatic N) is 3. The molecule has 0 aromatic carbocycles. The Balaban J connectivity index is 1.22. The van der Waals surface area contributed by atoms with Crippen LogP contribution in [-0.4, -0.2) is 34.8 Å². The van der Waals surface area contributed by atoms with E-state index in [0.29, 0.717) is 50.2 Å². The van der Waals surface area contributed by atoms with Crippen LogP contribution in [0.5, 0.6) is 5.75 Å². The van der Waals surface area contributed by atoms with Gasteiger partial charge in [0.05, 0.1) is 24.6 Å². The first-order valence-electron chi connectivity index (χ1n) is 16.5. The minimum atomic E-state index is -3.24. The molecule has 2 aliphatic carbocycles. The normalized spacial score (nSPS) is 18.5. The number of fused-ring (bicyclic) bond motifs is 1. The Bertz CT molecular complexity index is 1080. The van der Waals surface area contributed by atoms with E-state index in [0.717, 1.165) is 57.0 Å². The van der Waals surface area contributed by atoms with Crippen LogP contribution in [0.1, 0.15) is 121 Å². The molecule has 42 heavy (non-hydrogen) atoms. The summed E-state index contributed by atoms with van der Waals surface area (Å²) in [6.45, 7) is 6.48. The van der Waals surface area contributed by atoms with Crippen molar-refractivity contribution in [2.75, 3.05) is 19.8 Å². The van der Waals surface area contributed by atoms with Gasteiger partial charge in [-0.3, -0.25) is 0 Å². The number of alkyl halides is 2. The standard InChI is InChI=1S/C34H50F3N3O2/c1-3-5-10-19-41-20-11-7-9-14-28-18-17-27-22-30(40-32(35)31(27)34(28,36)37)33-38-23-29(24-39-33)42-21-12-6-8-13-25(4-2)26-15-16-26/h22-26,28H,3-21H2,1-2H3. The van der Waals surface area contributed by atoms with E-state index < -0.39 is 23.4 Å². The van der Waals surface area contributed by atoms with Crippen LogP contribution in [0.2, 0.25) is 0 Å². The van der Waals surface area contributed by atoms with Crippen LogP contribution in [0.4, 0.5) is 13.2 Å². The fraction of sp³-hybridized carbons (Fsp3) is 0.735. The third kappa shape index (κ3) is 9.39. The van der Waals surface area contributed by atoms with Crippen molar-refractivity contribution in [1.29, 1.82) is 0 Å². The van der Waals surface area contributed by atoms with Gasteiger partial charge in [-0.05, 0) is 74.8 Å². The van der Waals surface area contributed by atoms with Crippen LogP contribution in [0.15, 0.2) is 18.5 Å². The quantitative estimate of drug-likeness (QED) is 0.114. The first kappa shape index (κ1) is 32.7. The Morgan fingerprint density at radius 1 is 0.905 bits per heavy atom. The molecule has 2 atom stereocenters. The number of ether oxygens (including phenoxy) is 2. The van der Waals surface area contributed by atoms with Crippen molar-refractivity contribution in [3.8, 4) is 17.3 Å². The highest BCUT2D eigenvalue weighted by molar-refractivity contribution is 5.53. The maximum absolute atomic E-state index is 15.4. The van der Waals surface area contributed by atoms with Gasteiger partial charge in [-0.1, -0.05) is 65.2 Å². The van der Waals surface area contributed by atoms with Gasteiger partial charge in [0.2, 0.25) is 5.95 Å². The third-order valence-electron chi connectivity index (χ3n) is 9.06. The summed E-state index contributed by atoms with van der Waals surface area (Å²) in [6.07, 6.45) is 18.7. The predicted octanol–water partition coefficient (Wildman–Crippen LogP) is 9.47. The van der Waals surface area contributed by atoms with Crippen LogP contribution in [0.3, 0.4) is 0 Å². The van der Waals surface area contributed by atoms with E-state index in [2.05, 4.69) is 28.8 Å². The molecular weight excluding hydrogens is 539 g/mol. The van der Waals surface area contributed by atoms with Crippen LogP contribution in [0, 0.1) is 23.7 Å².